The van der Waals surface area contributed by atoms with Crippen LogP contribution in [0.15, 0.2) is 18.2 Å². The predicted octanol–water partition coefficient (Wildman–Crippen LogP) is 2.91. The van der Waals surface area contributed by atoms with E-state index in [1.807, 2.05) is 12.1 Å². The molecule has 3 nitrogen and oxygen atoms in total. The zero-order chi connectivity index (χ0) is 13.8. The number of aryl methyl sites for hydroxylation is 1. The first-order valence-electron chi connectivity index (χ1n) is 6.46. The minimum atomic E-state index is -0.348. The largest absolute Gasteiger partial charge is 0.391 e. The van der Waals surface area contributed by atoms with Gasteiger partial charge in [-0.25, -0.2) is 0 Å². The van der Waals surface area contributed by atoms with Crippen molar-refractivity contribution in [2.45, 2.75) is 31.8 Å². The molecule has 1 aliphatic heterocycles. The second-order valence-corrected chi connectivity index (χ2v) is 5.70. The highest BCUT2D eigenvalue weighted by atomic mass is 35.5. The van der Waals surface area contributed by atoms with Crippen molar-refractivity contribution in [3.8, 4) is 0 Å². The first-order chi connectivity index (χ1) is 9.06. The smallest absolute Gasteiger partial charge is 0.222 e. The molecule has 19 heavy (non-hydrogen) atoms. The molecular formula is C14H17Cl2NO2. The van der Waals surface area contributed by atoms with Gasteiger partial charge >= 0.3 is 0 Å². The number of aliphatic hydroxyl groups is 1. The van der Waals surface area contributed by atoms with Crippen LogP contribution in [0, 0.1) is 0 Å². The van der Waals surface area contributed by atoms with Crippen molar-refractivity contribution in [2.75, 3.05) is 13.1 Å². The summed E-state index contributed by atoms with van der Waals surface area (Å²) in [4.78, 5) is 13.6. The number of nitrogens with zero attached hydrogens (tertiary/aromatic N) is 1. The monoisotopic (exact) mass is 301 g/mol. The Bertz CT molecular complexity index is 465. The molecule has 1 fully saturated rings. The van der Waals surface area contributed by atoms with Crippen molar-refractivity contribution in [3.63, 3.8) is 0 Å². The fourth-order valence-corrected chi connectivity index (χ4v) is 2.59. The fourth-order valence-electron chi connectivity index (χ4n) is 2.27. The van der Waals surface area contributed by atoms with Gasteiger partial charge < -0.3 is 10.0 Å². The van der Waals surface area contributed by atoms with Crippen molar-refractivity contribution in [1.82, 2.24) is 4.90 Å². The zero-order valence-electron chi connectivity index (χ0n) is 10.6. The van der Waals surface area contributed by atoms with Crippen molar-refractivity contribution < 1.29 is 9.90 Å². The Labute approximate surface area is 123 Å². The van der Waals surface area contributed by atoms with Gasteiger partial charge in [-0.1, -0.05) is 29.3 Å². The Morgan fingerprint density at radius 3 is 2.79 bits per heavy atom. The molecule has 0 radical (unpaired) electrons. The average Bonchev–Trinajstić information content (AvgIpc) is 2.80. The summed E-state index contributed by atoms with van der Waals surface area (Å²) in [5.41, 5.74) is 1.09. The number of halogens is 2. The van der Waals surface area contributed by atoms with Crippen LogP contribution in [0.3, 0.4) is 0 Å². The fraction of sp³-hybridized carbons (Fsp3) is 0.500. The third-order valence-electron chi connectivity index (χ3n) is 3.36. The summed E-state index contributed by atoms with van der Waals surface area (Å²) in [5.74, 6) is 0.122. The standard InChI is InChI=1S/C14H17Cl2NO2/c15-12-5-4-10(8-13(12)16)2-1-3-14(19)17-7-6-11(18)9-17/h4-5,8,11,18H,1-3,6-7,9H2/t11-/m1/s1. The Hall–Kier alpha value is -0.770. The highest BCUT2D eigenvalue weighted by molar-refractivity contribution is 6.42. The molecule has 1 aromatic carbocycles. The van der Waals surface area contributed by atoms with Gasteiger partial charge in [0.15, 0.2) is 0 Å². The first kappa shape index (κ1) is 14.6. The van der Waals surface area contributed by atoms with Crippen LogP contribution >= 0.6 is 23.2 Å². The molecule has 5 heteroatoms. The molecule has 0 saturated carbocycles. The summed E-state index contributed by atoms with van der Waals surface area (Å²) in [6.45, 7) is 1.15. The molecule has 1 amide bonds. The normalized spacial score (nSPS) is 18.9. The number of rotatable bonds is 4. The van der Waals surface area contributed by atoms with Gasteiger partial charge in [0.2, 0.25) is 5.91 Å². The van der Waals surface area contributed by atoms with Crippen molar-refractivity contribution in [1.29, 1.82) is 0 Å². The summed E-state index contributed by atoms with van der Waals surface area (Å²) in [7, 11) is 0. The van der Waals surface area contributed by atoms with Crippen LogP contribution < -0.4 is 0 Å². The number of benzene rings is 1. The molecule has 0 unspecified atom stereocenters. The predicted molar refractivity (Wildman–Crippen MR) is 76.6 cm³/mol. The molecule has 2 rings (SSSR count). The number of amides is 1. The van der Waals surface area contributed by atoms with E-state index in [4.69, 9.17) is 23.2 Å². The van der Waals surface area contributed by atoms with Gasteiger partial charge in [-0.2, -0.15) is 0 Å². The SMILES string of the molecule is O=C(CCCc1ccc(Cl)c(Cl)c1)N1CC[C@@H](O)C1. The molecular weight excluding hydrogens is 285 g/mol. The van der Waals surface area contributed by atoms with E-state index in [0.717, 1.165) is 18.4 Å². The van der Waals surface area contributed by atoms with E-state index in [1.54, 1.807) is 11.0 Å². The molecule has 1 saturated heterocycles. The third kappa shape index (κ3) is 4.10. The maximum Gasteiger partial charge on any atom is 0.222 e. The van der Waals surface area contributed by atoms with Crippen LogP contribution in [0.25, 0.3) is 0 Å². The van der Waals surface area contributed by atoms with Crippen LogP contribution in [0.5, 0.6) is 0 Å². The lowest BCUT2D eigenvalue weighted by Crippen LogP contribution is -2.29. The van der Waals surface area contributed by atoms with Crippen molar-refractivity contribution >= 4 is 29.1 Å². The Kier molecular flexibility index (Phi) is 5.08. The molecule has 1 aromatic rings. The highest BCUT2D eigenvalue weighted by Gasteiger charge is 2.23. The van der Waals surface area contributed by atoms with Crippen molar-refractivity contribution in [3.05, 3.63) is 33.8 Å². The topological polar surface area (TPSA) is 40.5 Å². The summed E-state index contributed by atoms with van der Waals surface area (Å²) in [6, 6.07) is 5.55. The van der Waals surface area contributed by atoms with Crippen LogP contribution in [-0.4, -0.2) is 35.1 Å². The summed E-state index contributed by atoms with van der Waals surface area (Å²) < 4.78 is 0. The molecule has 104 valence electrons. The molecule has 0 spiro atoms. The Morgan fingerprint density at radius 2 is 2.16 bits per heavy atom. The van der Waals surface area contributed by atoms with Crippen LogP contribution in [0.1, 0.15) is 24.8 Å². The molecule has 1 aliphatic rings. The summed E-state index contributed by atoms with van der Waals surface area (Å²) in [5, 5.41) is 10.5. The van der Waals surface area contributed by atoms with E-state index in [0.29, 0.717) is 36.0 Å². The highest BCUT2D eigenvalue weighted by Crippen LogP contribution is 2.23. The second kappa shape index (κ2) is 6.60. The maximum atomic E-state index is 11.9. The molecule has 1 atom stereocenters. The van der Waals surface area contributed by atoms with Gasteiger partial charge in [-0.3, -0.25) is 4.79 Å². The van der Waals surface area contributed by atoms with Crippen LogP contribution in [-0.2, 0) is 11.2 Å². The van der Waals surface area contributed by atoms with Gasteiger partial charge in [-0.05, 0) is 37.0 Å². The lowest BCUT2D eigenvalue weighted by molar-refractivity contribution is -0.130. The minimum Gasteiger partial charge on any atom is -0.391 e. The number of β-amino-alcohol motifs (C(OH)–C–C–N with tert-alkyl or cyclic N) is 1. The molecule has 0 bridgehead atoms. The number of hydrogen-bond acceptors (Lipinski definition) is 2. The third-order valence-corrected chi connectivity index (χ3v) is 4.10. The molecule has 0 aliphatic carbocycles. The van der Waals surface area contributed by atoms with E-state index in [9.17, 15) is 9.90 Å². The number of carbonyl (C=O) groups excluding carboxylic acids is 1. The molecule has 1 heterocycles. The van der Waals surface area contributed by atoms with Gasteiger partial charge in [0.05, 0.1) is 16.1 Å². The lowest BCUT2D eigenvalue weighted by Gasteiger charge is -2.15. The van der Waals surface area contributed by atoms with Gasteiger partial charge in [-0.15, -0.1) is 0 Å². The Balaban J connectivity index is 1.77. The van der Waals surface area contributed by atoms with Gasteiger partial charge in [0, 0.05) is 19.5 Å². The molecule has 0 aromatic heterocycles. The molecule has 1 N–H and O–H groups in total. The minimum absolute atomic E-state index is 0.122. The number of aliphatic hydroxyl groups excluding tert-OH is 1. The maximum absolute atomic E-state index is 11.9. The van der Waals surface area contributed by atoms with E-state index < -0.39 is 0 Å². The Morgan fingerprint density at radius 1 is 1.37 bits per heavy atom. The van der Waals surface area contributed by atoms with E-state index in [1.165, 1.54) is 0 Å². The summed E-state index contributed by atoms with van der Waals surface area (Å²) in [6.07, 6.45) is 2.44. The van der Waals surface area contributed by atoms with E-state index >= 15 is 0 Å². The first-order valence-corrected chi connectivity index (χ1v) is 7.21. The quantitative estimate of drug-likeness (QED) is 0.929. The van der Waals surface area contributed by atoms with Crippen molar-refractivity contribution in [2.24, 2.45) is 0 Å². The zero-order valence-corrected chi connectivity index (χ0v) is 12.1. The van der Waals surface area contributed by atoms with Crippen LogP contribution in [0.4, 0.5) is 0 Å². The number of carbonyl (C=O) groups is 1. The second-order valence-electron chi connectivity index (χ2n) is 4.88. The van der Waals surface area contributed by atoms with Gasteiger partial charge in [0.1, 0.15) is 0 Å². The van der Waals surface area contributed by atoms with E-state index in [2.05, 4.69) is 0 Å². The summed E-state index contributed by atoms with van der Waals surface area (Å²) >= 11 is 11.8. The van der Waals surface area contributed by atoms with E-state index in [-0.39, 0.29) is 12.0 Å². The lowest BCUT2D eigenvalue weighted by atomic mass is 10.1. The average molecular weight is 302 g/mol. The van der Waals surface area contributed by atoms with Crippen LogP contribution in [0.2, 0.25) is 10.0 Å². The van der Waals surface area contributed by atoms with Gasteiger partial charge in [0.25, 0.3) is 0 Å². The number of likely N-dealkylation sites (tertiary alicyclic amines) is 1. The number of hydrogen-bond donors (Lipinski definition) is 1.